The van der Waals surface area contributed by atoms with E-state index in [2.05, 4.69) is 10.6 Å². The van der Waals surface area contributed by atoms with Gasteiger partial charge in [-0.05, 0) is 31.7 Å². The first-order chi connectivity index (χ1) is 13.3. The number of nitrogens with one attached hydrogen (secondary N) is 2. The van der Waals surface area contributed by atoms with E-state index in [-0.39, 0.29) is 29.2 Å². The molecule has 2 N–H and O–H groups in total. The Balaban J connectivity index is 1.58. The average molecular weight is 394 g/mol. The van der Waals surface area contributed by atoms with Crippen LogP contribution in [0.25, 0.3) is 0 Å². The molecule has 2 fully saturated rings. The second-order valence-corrected chi connectivity index (χ2v) is 7.22. The van der Waals surface area contributed by atoms with Gasteiger partial charge in [-0.25, -0.2) is 13.6 Å². The number of halogens is 2. The summed E-state index contributed by atoms with van der Waals surface area (Å²) >= 11 is 0. The van der Waals surface area contributed by atoms with Gasteiger partial charge in [0.25, 0.3) is 0 Å². The molecule has 2 aliphatic rings. The Kier molecular flexibility index (Phi) is 6.11. The van der Waals surface area contributed by atoms with Crippen molar-refractivity contribution in [2.24, 2.45) is 5.92 Å². The Labute approximate surface area is 162 Å². The molecule has 0 aliphatic carbocycles. The molecule has 0 aromatic heterocycles. The number of nitrogens with zero attached hydrogens (tertiary/aromatic N) is 2. The Hall–Kier alpha value is -2.71. The maximum Gasteiger partial charge on any atom is 0.319 e. The molecule has 2 heterocycles. The van der Waals surface area contributed by atoms with E-state index in [1.54, 1.807) is 4.90 Å². The minimum absolute atomic E-state index is 0.0147. The fourth-order valence-electron chi connectivity index (χ4n) is 3.61. The number of rotatable bonds is 3. The molecular weight excluding hydrogens is 370 g/mol. The molecule has 152 valence electrons. The summed E-state index contributed by atoms with van der Waals surface area (Å²) in [5, 5.41) is 4.73. The minimum Gasteiger partial charge on any atom is -0.325 e. The van der Waals surface area contributed by atoms with Gasteiger partial charge < -0.3 is 20.4 Å². The Morgan fingerprint density at radius 2 is 1.43 bits per heavy atom. The van der Waals surface area contributed by atoms with Crippen molar-refractivity contribution in [2.45, 2.75) is 32.6 Å². The summed E-state index contributed by atoms with van der Waals surface area (Å²) in [5.74, 6) is -3.08. The van der Waals surface area contributed by atoms with E-state index in [1.165, 1.54) is 6.92 Å². The highest BCUT2D eigenvalue weighted by Crippen LogP contribution is 2.26. The average Bonchev–Trinajstić information content (AvgIpc) is 3.19. The number of amides is 4. The van der Waals surface area contributed by atoms with E-state index in [0.29, 0.717) is 32.0 Å². The largest absolute Gasteiger partial charge is 0.325 e. The van der Waals surface area contributed by atoms with Crippen LogP contribution in [0, 0.1) is 17.6 Å². The summed E-state index contributed by atoms with van der Waals surface area (Å²) in [5.41, 5.74) is -0.388. The Morgan fingerprint density at radius 1 is 0.893 bits per heavy atom. The maximum absolute atomic E-state index is 14.0. The third-order valence-electron chi connectivity index (χ3n) is 5.14. The first-order valence-electron chi connectivity index (χ1n) is 9.46. The monoisotopic (exact) mass is 394 g/mol. The summed E-state index contributed by atoms with van der Waals surface area (Å²) < 4.78 is 27.7. The third-order valence-corrected chi connectivity index (χ3v) is 5.14. The van der Waals surface area contributed by atoms with Gasteiger partial charge in [0.1, 0.15) is 11.6 Å². The number of likely N-dealkylation sites (tertiary alicyclic amines) is 2. The van der Waals surface area contributed by atoms with E-state index >= 15 is 0 Å². The van der Waals surface area contributed by atoms with Crippen molar-refractivity contribution in [3.63, 3.8) is 0 Å². The van der Waals surface area contributed by atoms with Crippen LogP contribution in [0.1, 0.15) is 32.6 Å². The minimum atomic E-state index is -0.917. The lowest BCUT2D eigenvalue weighted by Crippen LogP contribution is -2.47. The van der Waals surface area contributed by atoms with E-state index in [0.717, 1.165) is 32.0 Å². The van der Waals surface area contributed by atoms with Crippen LogP contribution in [-0.2, 0) is 9.59 Å². The summed E-state index contributed by atoms with van der Waals surface area (Å²) in [4.78, 5) is 39.6. The van der Waals surface area contributed by atoms with Crippen LogP contribution >= 0.6 is 0 Å². The summed E-state index contributed by atoms with van der Waals surface area (Å²) in [7, 11) is 0. The highest BCUT2D eigenvalue weighted by Gasteiger charge is 2.30. The predicted octanol–water partition coefficient (Wildman–Crippen LogP) is 2.79. The fraction of sp³-hybridized carbons (Fsp3) is 0.526. The first-order valence-corrected chi connectivity index (χ1v) is 9.46. The summed E-state index contributed by atoms with van der Waals surface area (Å²) in [6.45, 7) is 3.70. The van der Waals surface area contributed by atoms with Gasteiger partial charge in [-0.15, -0.1) is 0 Å². The molecule has 0 saturated carbocycles. The quantitative estimate of drug-likeness (QED) is 0.827. The second-order valence-electron chi connectivity index (χ2n) is 7.22. The van der Waals surface area contributed by atoms with E-state index in [1.807, 2.05) is 4.90 Å². The van der Waals surface area contributed by atoms with Crippen LogP contribution in [0.3, 0.4) is 0 Å². The lowest BCUT2D eigenvalue weighted by atomic mass is 9.96. The van der Waals surface area contributed by atoms with Crippen LogP contribution in [-0.4, -0.2) is 53.8 Å². The number of urea groups is 1. The van der Waals surface area contributed by atoms with Gasteiger partial charge in [0.2, 0.25) is 11.8 Å². The van der Waals surface area contributed by atoms with E-state index in [4.69, 9.17) is 0 Å². The van der Waals surface area contributed by atoms with Gasteiger partial charge in [-0.3, -0.25) is 9.59 Å². The Bertz CT molecular complexity index is 773. The van der Waals surface area contributed by atoms with Crippen molar-refractivity contribution in [1.29, 1.82) is 0 Å². The molecule has 2 aliphatic heterocycles. The van der Waals surface area contributed by atoms with Gasteiger partial charge >= 0.3 is 6.03 Å². The molecular formula is C19H24F2N4O3. The normalized spacial score (nSPS) is 17.5. The van der Waals surface area contributed by atoms with Crippen molar-refractivity contribution in [3.8, 4) is 0 Å². The van der Waals surface area contributed by atoms with Crippen LogP contribution in [0.15, 0.2) is 12.1 Å². The molecule has 0 bridgehead atoms. The van der Waals surface area contributed by atoms with Crippen LogP contribution in [0.4, 0.5) is 25.0 Å². The third kappa shape index (κ3) is 4.58. The molecule has 0 radical (unpaired) electrons. The van der Waals surface area contributed by atoms with Crippen molar-refractivity contribution in [2.75, 3.05) is 36.8 Å². The molecule has 2 saturated heterocycles. The zero-order valence-corrected chi connectivity index (χ0v) is 15.8. The lowest BCUT2D eigenvalue weighted by Gasteiger charge is -2.34. The molecule has 7 nitrogen and oxygen atoms in total. The van der Waals surface area contributed by atoms with Crippen LogP contribution < -0.4 is 10.6 Å². The number of anilines is 2. The van der Waals surface area contributed by atoms with Crippen molar-refractivity contribution < 1.29 is 23.2 Å². The van der Waals surface area contributed by atoms with Crippen molar-refractivity contribution in [1.82, 2.24) is 9.80 Å². The topological polar surface area (TPSA) is 81.8 Å². The number of hydrogen-bond donors (Lipinski definition) is 2. The number of carbonyl (C=O) groups excluding carboxylic acids is 3. The van der Waals surface area contributed by atoms with Gasteiger partial charge in [0.05, 0.1) is 11.4 Å². The van der Waals surface area contributed by atoms with E-state index in [9.17, 15) is 23.2 Å². The standard InChI is InChI=1S/C19H24F2N4O3/c1-12(26)22-16-11-17(15(21)10-14(16)20)23-18(27)13-4-8-25(9-5-13)19(28)24-6-2-3-7-24/h10-11,13H,2-9H2,1H3,(H,22,26)(H,23,27). The molecule has 4 amide bonds. The van der Waals surface area contributed by atoms with Crippen LogP contribution in [0.5, 0.6) is 0 Å². The molecule has 0 unspecified atom stereocenters. The zero-order valence-electron chi connectivity index (χ0n) is 15.8. The smallest absolute Gasteiger partial charge is 0.319 e. The molecule has 1 aromatic rings. The number of hydrogen-bond acceptors (Lipinski definition) is 3. The van der Waals surface area contributed by atoms with Gasteiger partial charge in [-0.1, -0.05) is 0 Å². The predicted molar refractivity (Wildman–Crippen MR) is 99.8 cm³/mol. The summed E-state index contributed by atoms with van der Waals surface area (Å²) in [6, 6.07) is 1.70. The molecule has 3 rings (SSSR count). The van der Waals surface area contributed by atoms with Crippen molar-refractivity contribution in [3.05, 3.63) is 23.8 Å². The summed E-state index contributed by atoms with van der Waals surface area (Å²) in [6.07, 6.45) is 3.00. The molecule has 0 atom stereocenters. The SMILES string of the molecule is CC(=O)Nc1cc(NC(=O)C2CCN(C(=O)N3CCCC3)CC2)c(F)cc1F. The number of carbonyl (C=O) groups is 3. The second kappa shape index (κ2) is 8.53. The zero-order chi connectivity index (χ0) is 20.3. The van der Waals surface area contributed by atoms with E-state index < -0.39 is 17.5 Å². The molecule has 28 heavy (non-hydrogen) atoms. The first kappa shape index (κ1) is 20.0. The highest BCUT2D eigenvalue weighted by molar-refractivity contribution is 5.95. The molecule has 1 aromatic carbocycles. The Morgan fingerprint density at radius 3 is 2.00 bits per heavy atom. The van der Waals surface area contributed by atoms with Gasteiger partial charge in [0, 0.05) is 45.1 Å². The van der Waals surface area contributed by atoms with Crippen molar-refractivity contribution >= 4 is 29.2 Å². The number of benzene rings is 1. The fourth-order valence-corrected chi connectivity index (χ4v) is 3.61. The van der Waals surface area contributed by atoms with Gasteiger partial charge in [-0.2, -0.15) is 0 Å². The molecule has 9 heteroatoms. The van der Waals surface area contributed by atoms with Gasteiger partial charge in [0.15, 0.2) is 0 Å². The number of piperidine rings is 1. The maximum atomic E-state index is 14.0. The highest BCUT2D eigenvalue weighted by atomic mass is 19.1. The lowest BCUT2D eigenvalue weighted by molar-refractivity contribution is -0.121. The van der Waals surface area contributed by atoms with Crippen LogP contribution in [0.2, 0.25) is 0 Å². The molecule has 0 spiro atoms.